The molecule has 0 aromatic heterocycles. The molecule has 112 valence electrons. The summed E-state index contributed by atoms with van der Waals surface area (Å²) in [5.41, 5.74) is 0.850. The first-order chi connectivity index (χ1) is 10.1. The molecule has 0 spiro atoms. The van der Waals surface area contributed by atoms with Crippen LogP contribution in [0.3, 0.4) is 0 Å². The summed E-state index contributed by atoms with van der Waals surface area (Å²) < 4.78 is 0. The highest BCUT2D eigenvalue weighted by molar-refractivity contribution is 6.30. The van der Waals surface area contributed by atoms with Gasteiger partial charge in [-0.15, -0.1) is 0 Å². The van der Waals surface area contributed by atoms with Crippen molar-refractivity contribution in [1.82, 2.24) is 4.90 Å². The fraction of sp³-hybridized carbons (Fsp3) is 0.500. The molecule has 1 aliphatic heterocycles. The first-order valence-electron chi connectivity index (χ1n) is 7.41. The number of imide groups is 1. The number of carbonyl (C=O) groups is 2. The summed E-state index contributed by atoms with van der Waals surface area (Å²) in [5.74, 6) is 0.303. The maximum Gasteiger partial charge on any atom is 0.234 e. The number of rotatable bonds is 3. The van der Waals surface area contributed by atoms with Crippen molar-refractivity contribution < 1.29 is 9.59 Å². The van der Waals surface area contributed by atoms with Gasteiger partial charge in [0.1, 0.15) is 0 Å². The van der Waals surface area contributed by atoms with Crippen molar-refractivity contribution in [3.8, 4) is 0 Å². The molecule has 3 atom stereocenters. The Kier molecular flexibility index (Phi) is 3.89. The minimum atomic E-state index is -0.103. The van der Waals surface area contributed by atoms with Crippen molar-refractivity contribution in [3.63, 3.8) is 0 Å². The van der Waals surface area contributed by atoms with E-state index in [0.29, 0.717) is 10.9 Å². The lowest BCUT2D eigenvalue weighted by Crippen LogP contribution is -2.35. The van der Waals surface area contributed by atoms with Gasteiger partial charge in [0.15, 0.2) is 0 Å². The summed E-state index contributed by atoms with van der Waals surface area (Å²) in [6, 6.07) is 7.23. The third-order valence-corrected chi connectivity index (χ3v) is 4.82. The summed E-state index contributed by atoms with van der Waals surface area (Å²) in [4.78, 5) is 26.2. The van der Waals surface area contributed by atoms with E-state index in [1.54, 1.807) is 12.1 Å². The van der Waals surface area contributed by atoms with Gasteiger partial charge in [0.05, 0.1) is 18.5 Å². The van der Waals surface area contributed by atoms with Crippen LogP contribution in [0.2, 0.25) is 5.02 Å². The van der Waals surface area contributed by atoms with Crippen molar-refractivity contribution in [3.05, 3.63) is 29.3 Å². The van der Waals surface area contributed by atoms with E-state index in [0.717, 1.165) is 24.9 Å². The number of nitrogens with zero attached hydrogens (tertiary/aromatic N) is 1. The zero-order valence-electron chi connectivity index (χ0n) is 12.0. The van der Waals surface area contributed by atoms with Gasteiger partial charge in [0.25, 0.3) is 0 Å². The first-order valence-corrected chi connectivity index (χ1v) is 7.78. The number of halogens is 1. The largest absolute Gasteiger partial charge is 0.367 e. The summed E-state index contributed by atoms with van der Waals surface area (Å²) in [6.45, 7) is 2.39. The molecule has 0 unspecified atom stereocenters. The van der Waals surface area contributed by atoms with Crippen molar-refractivity contribution in [2.75, 3.05) is 12.0 Å². The molecule has 1 saturated carbocycles. The van der Waals surface area contributed by atoms with Crippen molar-refractivity contribution in [2.24, 2.45) is 17.8 Å². The Morgan fingerprint density at radius 2 is 1.81 bits per heavy atom. The summed E-state index contributed by atoms with van der Waals surface area (Å²) in [7, 11) is 0. The average molecular weight is 307 g/mol. The van der Waals surface area contributed by atoms with Gasteiger partial charge in [-0.05, 0) is 49.4 Å². The van der Waals surface area contributed by atoms with Gasteiger partial charge in [0, 0.05) is 10.7 Å². The van der Waals surface area contributed by atoms with Gasteiger partial charge < -0.3 is 5.32 Å². The van der Waals surface area contributed by atoms with Gasteiger partial charge in [-0.25, -0.2) is 0 Å². The van der Waals surface area contributed by atoms with E-state index in [4.69, 9.17) is 11.6 Å². The number of hydrogen-bond acceptors (Lipinski definition) is 3. The minimum absolute atomic E-state index is 0.0154. The SMILES string of the molecule is C[C@@H]1CC[C@@H]2C(=O)N(CNc3ccc(Cl)cc3)C(=O)[C@H]2C1. The van der Waals surface area contributed by atoms with Crippen LogP contribution in [0, 0.1) is 17.8 Å². The average Bonchev–Trinajstić information content (AvgIpc) is 2.70. The zero-order chi connectivity index (χ0) is 15.0. The van der Waals surface area contributed by atoms with E-state index in [2.05, 4.69) is 12.2 Å². The molecule has 1 aliphatic carbocycles. The second-order valence-electron chi connectivity index (χ2n) is 6.08. The topological polar surface area (TPSA) is 49.4 Å². The molecular weight excluding hydrogens is 288 g/mol. The molecule has 1 saturated heterocycles. The molecule has 1 heterocycles. The Hall–Kier alpha value is -1.55. The molecule has 1 N–H and O–H groups in total. The van der Waals surface area contributed by atoms with Crippen LogP contribution in [0.4, 0.5) is 5.69 Å². The number of nitrogens with one attached hydrogen (secondary N) is 1. The highest BCUT2D eigenvalue weighted by atomic mass is 35.5. The molecule has 2 aliphatic rings. The lowest BCUT2D eigenvalue weighted by atomic mass is 9.76. The van der Waals surface area contributed by atoms with Crippen LogP contribution in [-0.4, -0.2) is 23.4 Å². The lowest BCUT2D eigenvalue weighted by molar-refractivity contribution is -0.139. The van der Waals surface area contributed by atoms with Gasteiger partial charge in [-0.1, -0.05) is 18.5 Å². The van der Waals surface area contributed by atoms with E-state index in [1.165, 1.54) is 4.90 Å². The molecule has 0 bridgehead atoms. The summed E-state index contributed by atoms with van der Waals surface area (Å²) >= 11 is 5.84. The zero-order valence-corrected chi connectivity index (χ0v) is 12.8. The van der Waals surface area contributed by atoms with Crippen molar-refractivity contribution >= 4 is 29.1 Å². The molecule has 5 heteroatoms. The molecule has 1 aromatic rings. The molecule has 0 radical (unpaired) electrons. The Bertz CT molecular complexity index is 558. The Labute approximate surface area is 129 Å². The van der Waals surface area contributed by atoms with E-state index in [-0.39, 0.29) is 30.3 Å². The Morgan fingerprint density at radius 3 is 2.52 bits per heavy atom. The third-order valence-electron chi connectivity index (χ3n) is 4.56. The van der Waals surface area contributed by atoms with Gasteiger partial charge in [-0.2, -0.15) is 0 Å². The molecule has 2 amide bonds. The quantitative estimate of drug-likeness (QED) is 0.873. The van der Waals surface area contributed by atoms with Crippen molar-refractivity contribution in [1.29, 1.82) is 0 Å². The Morgan fingerprint density at radius 1 is 1.14 bits per heavy atom. The number of benzene rings is 1. The van der Waals surface area contributed by atoms with Crippen LogP contribution in [0.15, 0.2) is 24.3 Å². The maximum absolute atomic E-state index is 12.4. The third kappa shape index (κ3) is 2.77. The van der Waals surface area contributed by atoms with Gasteiger partial charge in [-0.3, -0.25) is 14.5 Å². The van der Waals surface area contributed by atoms with Crippen LogP contribution in [0.5, 0.6) is 0 Å². The first kappa shape index (κ1) is 14.4. The van der Waals surface area contributed by atoms with E-state index in [1.807, 2.05) is 12.1 Å². The van der Waals surface area contributed by atoms with Crippen LogP contribution >= 0.6 is 11.6 Å². The number of fused-ring (bicyclic) bond motifs is 1. The standard InChI is InChI=1S/C16H19ClN2O2/c1-10-2-7-13-14(8-10)16(21)19(15(13)20)9-18-12-5-3-11(17)4-6-12/h3-6,10,13-14,18H,2,7-9H2,1H3/t10-,13+,14+/m1/s1. The molecular formula is C16H19ClN2O2. The number of likely N-dealkylation sites (tertiary alicyclic amines) is 1. The van der Waals surface area contributed by atoms with Gasteiger partial charge in [0.2, 0.25) is 11.8 Å². The Balaban J connectivity index is 1.67. The molecule has 4 nitrogen and oxygen atoms in total. The molecule has 1 aromatic carbocycles. The summed E-state index contributed by atoms with van der Waals surface area (Å²) in [6.07, 6.45) is 2.72. The highest BCUT2D eigenvalue weighted by Crippen LogP contribution is 2.40. The number of anilines is 1. The monoisotopic (exact) mass is 306 g/mol. The summed E-state index contributed by atoms with van der Waals surface area (Å²) in [5, 5.41) is 3.78. The maximum atomic E-state index is 12.4. The minimum Gasteiger partial charge on any atom is -0.367 e. The number of hydrogen-bond donors (Lipinski definition) is 1. The van der Waals surface area contributed by atoms with Gasteiger partial charge >= 0.3 is 0 Å². The molecule has 21 heavy (non-hydrogen) atoms. The molecule has 3 rings (SSSR count). The second-order valence-corrected chi connectivity index (χ2v) is 6.51. The van der Waals surface area contributed by atoms with E-state index in [9.17, 15) is 9.59 Å². The lowest BCUT2D eigenvalue weighted by Gasteiger charge is -2.25. The second kappa shape index (κ2) is 5.68. The molecule has 2 fully saturated rings. The van der Waals surface area contributed by atoms with Crippen LogP contribution in [0.1, 0.15) is 26.2 Å². The van der Waals surface area contributed by atoms with Crippen LogP contribution in [-0.2, 0) is 9.59 Å². The van der Waals surface area contributed by atoms with E-state index < -0.39 is 0 Å². The fourth-order valence-corrected chi connectivity index (χ4v) is 3.48. The van der Waals surface area contributed by atoms with E-state index >= 15 is 0 Å². The van der Waals surface area contributed by atoms with Crippen molar-refractivity contribution in [2.45, 2.75) is 26.2 Å². The highest BCUT2D eigenvalue weighted by Gasteiger charge is 2.49. The number of amides is 2. The predicted octanol–water partition coefficient (Wildman–Crippen LogP) is 3.13. The number of carbonyl (C=O) groups excluding carboxylic acids is 2. The predicted molar refractivity (Wildman–Crippen MR) is 81.8 cm³/mol. The smallest absolute Gasteiger partial charge is 0.234 e. The van der Waals surface area contributed by atoms with Crippen LogP contribution < -0.4 is 5.32 Å². The van der Waals surface area contributed by atoms with Crippen LogP contribution in [0.25, 0.3) is 0 Å². The normalized spacial score (nSPS) is 28.7. The fourth-order valence-electron chi connectivity index (χ4n) is 3.35.